The SMILES string of the molecule is CNC(=O)c1ccc(CN(C)Cc2ccc(OC)c3ccccc23)cc1. The lowest BCUT2D eigenvalue weighted by Gasteiger charge is -2.19. The van der Waals surface area contributed by atoms with Gasteiger partial charge in [-0.05, 0) is 41.8 Å². The van der Waals surface area contributed by atoms with Crippen LogP contribution in [0.2, 0.25) is 0 Å². The van der Waals surface area contributed by atoms with Gasteiger partial charge in [-0.1, -0.05) is 42.5 Å². The number of amides is 1. The Morgan fingerprint density at radius 2 is 1.65 bits per heavy atom. The van der Waals surface area contributed by atoms with Gasteiger partial charge in [0, 0.05) is 31.1 Å². The largest absolute Gasteiger partial charge is 0.496 e. The number of nitrogens with one attached hydrogen (secondary N) is 1. The molecule has 0 aromatic heterocycles. The third-order valence-corrected chi connectivity index (χ3v) is 4.53. The van der Waals surface area contributed by atoms with Gasteiger partial charge in [-0.15, -0.1) is 0 Å². The number of hydrogen-bond acceptors (Lipinski definition) is 3. The van der Waals surface area contributed by atoms with Gasteiger partial charge < -0.3 is 10.1 Å². The molecule has 4 heteroatoms. The number of nitrogens with zero attached hydrogens (tertiary/aromatic N) is 1. The number of methoxy groups -OCH3 is 1. The van der Waals surface area contributed by atoms with E-state index in [1.165, 1.54) is 16.5 Å². The van der Waals surface area contributed by atoms with Crippen molar-refractivity contribution in [3.05, 3.63) is 77.4 Å². The maximum absolute atomic E-state index is 11.6. The van der Waals surface area contributed by atoms with Gasteiger partial charge in [0.05, 0.1) is 7.11 Å². The summed E-state index contributed by atoms with van der Waals surface area (Å²) in [6, 6.07) is 20.2. The molecule has 0 saturated carbocycles. The Balaban J connectivity index is 1.75. The minimum absolute atomic E-state index is 0.0605. The van der Waals surface area contributed by atoms with Crippen molar-refractivity contribution in [1.29, 1.82) is 0 Å². The van der Waals surface area contributed by atoms with Crippen molar-refractivity contribution in [3.63, 3.8) is 0 Å². The van der Waals surface area contributed by atoms with Crippen molar-refractivity contribution < 1.29 is 9.53 Å². The van der Waals surface area contributed by atoms with Gasteiger partial charge in [0.25, 0.3) is 5.91 Å². The van der Waals surface area contributed by atoms with Crippen LogP contribution in [0.4, 0.5) is 0 Å². The molecular weight excluding hydrogens is 324 g/mol. The number of carbonyl (C=O) groups excluding carboxylic acids is 1. The fourth-order valence-corrected chi connectivity index (χ4v) is 3.21. The third-order valence-electron chi connectivity index (χ3n) is 4.53. The summed E-state index contributed by atoms with van der Waals surface area (Å²) in [4.78, 5) is 13.9. The highest BCUT2D eigenvalue weighted by Gasteiger charge is 2.09. The summed E-state index contributed by atoms with van der Waals surface area (Å²) < 4.78 is 5.48. The summed E-state index contributed by atoms with van der Waals surface area (Å²) in [5.74, 6) is 0.839. The smallest absolute Gasteiger partial charge is 0.251 e. The van der Waals surface area contributed by atoms with Crippen LogP contribution in [-0.4, -0.2) is 32.0 Å². The molecule has 0 aliphatic heterocycles. The Morgan fingerprint density at radius 3 is 2.31 bits per heavy atom. The van der Waals surface area contributed by atoms with Crippen LogP contribution in [0.1, 0.15) is 21.5 Å². The van der Waals surface area contributed by atoms with Gasteiger partial charge in [0.2, 0.25) is 0 Å². The number of fused-ring (bicyclic) bond motifs is 1. The lowest BCUT2D eigenvalue weighted by molar-refractivity contribution is 0.0963. The Bertz CT molecular complexity index is 904. The zero-order valence-corrected chi connectivity index (χ0v) is 15.5. The number of hydrogen-bond donors (Lipinski definition) is 1. The number of benzene rings is 3. The highest BCUT2D eigenvalue weighted by Crippen LogP contribution is 2.29. The van der Waals surface area contributed by atoms with E-state index in [-0.39, 0.29) is 5.91 Å². The van der Waals surface area contributed by atoms with E-state index < -0.39 is 0 Å². The molecule has 3 aromatic carbocycles. The number of carbonyl (C=O) groups is 1. The van der Waals surface area contributed by atoms with E-state index in [1.54, 1.807) is 14.2 Å². The molecule has 0 saturated heterocycles. The minimum atomic E-state index is -0.0605. The van der Waals surface area contributed by atoms with Crippen LogP contribution in [0, 0.1) is 0 Å². The van der Waals surface area contributed by atoms with E-state index in [0.29, 0.717) is 5.56 Å². The molecule has 0 aliphatic carbocycles. The van der Waals surface area contributed by atoms with Crippen LogP contribution in [0.25, 0.3) is 10.8 Å². The van der Waals surface area contributed by atoms with E-state index in [9.17, 15) is 4.79 Å². The monoisotopic (exact) mass is 348 g/mol. The van der Waals surface area contributed by atoms with Crippen molar-refractivity contribution in [3.8, 4) is 5.75 Å². The van der Waals surface area contributed by atoms with Crippen LogP contribution in [-0.2, 0) is 13.1 Å². The first-order chi connectivity index (χ1) is 12.6. The average Bonchev–Trinajstić information content (AvgIpc) is 2.68. The van der Waals surface area contributed by atoms with Crippen molar-refractivity contribution >= 4 is 16.7 Å². The molecule has 0 unspecified atom stereocenters. The van der Waals surface area contributed by atoms with Gasteiger partial charge in [-0.25, -0.2) is 0 Å². The van der Waals surface area contributed by atoms with Gasteiger partial charge in [0.15, 0.2) is 0 Å². The van der Waals surface area contributed by atoms with E-state index in [4.69, 9.17) is 4.74 Å². The fourth-order valence-electron chi connectivity index (χ4n) is 3.21. The lowest BCUT2D eigenvalue weighted by Crippen LogP contribution is -2.19. The van der Waals surface area contributed by atoms with Crippen molar-refractivity contribution in [2.24, 2.45) is 0 Å². The Kier molecular flexibility index (Phi) is 5.54. The van der Waals surface area contributed by atoms with Crippen LogP contribution >= 0.6 is 0 Å². The van der Waals surface area contributed by atoms with E-state index in [1.807, 2.05) is 36.4 Å². The number of ether oxygens (including phenoxy) is 1. The Labute approximate surface area is 154 Å². The average molecular weight is 348 g/mol. The minimum Gasteiger partial charge on any atom is -0.496 e. The van der Waals surface area contributed by atoms with Gasteiger partial charge in [0.1, 0.15) is 5.75 Å². The zero-order valence-electron chi connectivity index (χ0n) is 15.5. The van der Waals surface area contributed by atoms with Gasteiger partial charge >= 0.3 is 0 Å². The van der Waals surface area contributed by atoms with Crippen molar-refractivity contribution in [2.75, 3.05) is 21.2 Å². The highest BCUT2D eigenvalue weighted by molar-refractivity contribution is 5.94. The second kappa shape index (κ2) is 8.02. The zero-order chi connectivity index (χ0) is 18.5. The molecule has 1 N–H and O–H groups in total. The third kappa shape index (κ3) is 3.86. The van der Waals surface area contributed by atoms with Crippen LogP contribution in [0.3, 0.4) is 0 Å². The normalized spacial score (nSPS) is 10.9. The molecule has 3 rings (SSSR count). The van der Waals surface area contributed by atoms with Crippen LogP contribution in [0.5, 0.6) is 5.75 Å². The summed E-state index contributed by atoms with van der Waals surface area (Å²) >= 11 is 0. The molecule has 1 amide bonds. The molecule has 0 bridgehead atoms. The summed E-state index contributed by atoms with van der Waals surface area (Å²) in [5.41, 5.74) is 3.13. The molecule has 0 spiro atoms. The lowest BCUT2D eigenvalue weighted by atomic mass is 10.0. The second-order valence-corrected chi connectivity index (χ2v) is 6.42. The number of rotatable bonds is 6. The molecule has 0 aliphatic rings. The summed E-state index contributed by atoms with van der Waals surface area (Å²) in [5, 5.41) is 4.99. The maximum atomic E-state index is 11.6. The molecule has 26 heavy (non-hydrogen) atoms. The van der Waals surface area contributed by atoms with E-state index in [2.05, 4.69) is 41.5 Å². The standard InChI is InChI=1S/C22H24N2O2/c1-23-22(25)17-10-8-16(9-11-17)14-24(2)15-18-12-13-21(26-3)20-7-5-4-6-19(18)20/h4-13H,14-15H2,1-3H3,(H,23,25). The molecule has 0 heterocycles. The summed E-state index contributed by atoms with van der Waals surface area (Å²) in [6.07, 6.45) is 0. The van der Waals surface area contributed by atoms with Crippen LogP contribution in [0.15, 0.2) is 60.7 Å². The van der Waals surface area contributed by atoms with Gasteiger partial charge in [-0.2, -0.15) is 0 Å². The Morgan fingerprint density at radius 1 is 0.962 bits per heavy atom. The predicted molar refractivity (Wildman–Crippen MR) is 106 cm³/mol. The first-order valence-corrected chi connectivity index (χ1v) is 8.66. The summed E-state index contributed by atoms with van der Waals surface area (Å²) in [6.45, 7) is 1.65. The van der Waals surface area contributed by atoms with Crippen LogP contribution < -0.4 is 10.1 Å². The highest BCUT2D eigenvalue weighted by atomic mass is 16.5. The molecule has 3 aromatic rings. The molecule has 0 fully saturated rings. The molecule has 4 nitrogen and oxygen atoms in total. The quantitative estimate of drug-likeness (QED) is 0.736. The van der Waals surface area contributed by atoms with Gasteiger partial charge in [-0.3, -0.25) is 9.69 Å². The second-order valence-electron chi connectivity index (χ2n) is 6.42. The first-order valence-electron chi connectivity index (χ1n) is 8.66. The van der Waals surface area contributed by atoms with E-state index >= 15 is 0 Å². The Hall–Kier alpha value is -2.85. The van der Waals surface area contributed by atoms with E-state index in [0.717, 1.165) is 24.2 Å². The predicted octanol–water partition coefficient (Wildman–Crippen LogP) is 3.84. The first kappa shape index (κ1) is 18.0. The van der Waals surface area contributed by atoms with Crippen molar-refractivity contribution in [2.45, 2.75) is 13.1 Å². The molecule has 0 radical (unpaired) electrons. The molecular formula is C22H24N2O2. The molecule has 134 valence electrons. The summed E-state index contributed by atoms with van der Waals surface area (Å²) in [7, 11) is 5.45. The molecule has 0 atom stereocenters. The fraction of sp³-hybridized carbons (Fsp3) is 0.227. The topological polar surface area (TPSA) is 41.6 Å². The van der Waals surface area contributed by atoms with Crippen molar-refractivity contribution in [1.82, 2.24) is 10.2 Å². The maximum Gasteiger partial charge on any atom is 0.251 e.